The van der Waals surface area contributed by atoms with E-state index in [9.17, 15) is 9.59 Å². The number of rotatable bonds is 2. The zero-order valence-corrected chi connectivity index (χ0v) is 14.3. The molecule has 5 fully saturated rings. The van der Waals surface area contributed by atoms with Crippen molar-refractivity contribution in [1.29, 1.82) is 0 Å². The van der Waals surface area contributed by atoms with Crippen LogP contribution in [0.25, 0.3) is 0 Å². The molecule has 1 aliphatic carbocycles. The van der Waals surface area contributed by atoms with Gasteiger partial charge >= 0.3 is 11.9 Å². The number of hydrogen-bond donors (Lipinski definition) is 0. The first-order valence-electron chi connectivity index (χ1n) is 8.71. The van der Waals surface area contributed by atoms with Crippen molar-refractivity contribution in [3.05, 3.63) is 0 Å². The topological polar surface area (TPSA) is 80.3 Å². The average molecular weight is 340 g/mol. The first kappa shape index (κ1) is 16.3. The second kappa shape index (κ2) is 5.41. The second-order valence-electron chi connectivity index (χ2n) is 7.73. The van der Waals surface area contributed by atoms with Crippen molar-refractivity contribution in [3.8, 4) is 0 Å². The molecule has 7 nitrogen and oxygen atoms in total. The highest BCUT2D eigenvalue weighted by molar-refractivity contribution is 5.81. The number of fused-ring (bicyclic) bond motifs is 2. The van der Waals surface area contributed by atoms with Crippen molar-refractivity contribution in [3.63, 3.8) is 0 Å². The summed E-state index contributed by atoms with van der Waals surface area (Å²) in [5, 5.41) is 0. The SMILES string of the molecule is COC(=O)C[C@H]1C(=O)O[C@@H]2O[C@]3(C)CC[C@H]4[C@H](C)CC[C@@H]1[C@@]24OO3. The van der Waals surface area contributed by atoms with Gasteiger partial charge in [-0.3, -0.25) is 9.59 Å². The Morgan fingerprint density at radius 2 is 2.04 bits per heavy atom. The first-order valence-corrected chi connectivity index (χ1v) is 8.71. The summed E-state index contributed by atoms with van der Waals surface area (Å²) in [6.45, 7) is 4.01. The molecule has 0 aromatic rings. The summed E-state index contributed by atoms with van der Waals surface area (Å²) in [5.41, 5.74) is -0.833. The molecule has 7 atom stereocenters. The third-order valence-corrected chi connectivity index (χ3v) is 6.40. The largest absolute Gasteiger partial charge is 0.469 e. The maximum atomic E-state index is 12.6. The zero-order valence-electron chi connectivity index (χ0n) is 14.3. The molecule has 1 spiro atoms. The summed E-state index contributed by atoms with van der Waals surface area (Å²) < 4.78 is 16.4. The van der Waals surface area contributed by atoms with E-state index in [-0.39, 0.29) is 18.3 Å². The van der Waals surface area contributed by atoms with E-state index in [1.54, 1.807) is 0 Å². The molecular formula is C17H24O7. The number of esters is 2. The predicted octanol–water partition coefficient (Wildman–Crippen LogP) is 1.94. The fourth-order valence-corrected chi connectivity index (χ4v) is 5.11. The highest BCUT2D eigenvalue weighted by Crippen LogP contribution is 2.60. The van der Waals surface area contributed by atoms with Crippen LogP contribution in [0.5, 0.6) is 0 Å². The van der Waals surface area contributed by atoms with Gasteiger partial charge < -0.3 is 14.2 Å². The summed E-state index contributed by atoms with van der Waals surface area (Å²) in [7, 11) is 1.32. The summed E-state index contributed by atoms with van der Waals surface area (Å²) in [4.78, 5) is 36.0. The van der Waals surface area contributed by atoms with Gasteiger partial charge in [-0.2, -0.15) is 0 Å². The van der Waals surface area contributed by atoms with Crippen LogP contribution in [-0.2, 0) is 33.6 Å². The Kier molecular flexibility index (Phi) is 3.67. The fourth-order valence-electron chi connectivity index (χ4n) is 5.11. The molecule has 5 rings (SSSR count). The highest BCUT2D eigenvalue weighted by Gasteiger charge is 2.70. The first-order chi connectivity index (χ1) is 11.4. The smallest absolute Gasteiger partial charge is 0.312 e. The van der Waals surface area contributed by atoms with Crippen molar-refractivity contribution in [1.82, 2.24) is 0 Å². The van der Waals surface area contributed by atoms with Gasteiger partial charge in [-0.05, 0) is 32.1 Å². The quantitative estimate of drug-likeness (QED) is 0.561. The maximum absolute atomic E-state index is 12.6. The Morgan fingerprint density at radius 3 is 2.79 bits per heavy atom. The maximum Gasteiger partial charge on any atom is 0.312 e. The molecule has 0 aromatic heterocycles. The molecule has 0 unspecified atom stereocenters. The highest BCUT2D eigenvalue weighted by atomic mass is 17.3. The van der Waals surface area contributed by atoms with Gasteiger partial charge in [0.05, 0.1) is 19.4 Å². The minimum Gasteiger partial charge on any atom is -0.469 e. The fraction of sp³-hybridized carbons (Fsp3) is 0.882. The van der Waals surface area contributed by atoms with Crippen molar-refractivity contribution >= 4 is 11.9 Å². The summed E-state index contributed by atoms with van der Waals surface area (Å²) in [6, 6.07) is 0. The zero-order chi connectivity index (χ0) is 17.1. The molecule has 4 aliphatic heterocycles. The lowest BCUT2D eigenvalue weighted by molar-refractivity contribution is -0.559. The Balaban J connectivity index is 1.75. The van der Waals surface area contributed by atoms with Crippen LogP contribution in [0.2, 0.25) is 0 Å². The molecule has 0 aromatic carbocycles. The van der Waals surface area contributed by atoms with Gasteiger partial charge in [0.1, 0.15) is 0 Å². The molecule has 5 aliphatic rings. The summed E-state index contributed by atoms with van der Waals surface area (Å²) in [5.74, 6) is -1.91. The van der Waals surface area contributed by atoms with Gasteiger partial charge in [-0.15, -0.1) is 0 Å². The van der Waals surface area contributed by atoms with Crippen LogP contribution in [0.3, 0.4) is 0 Å². The summed E-state index contributed by atoms with van der Waals surface area (Å²) in [6.07, 6.45) is 2.54. The molecule has 4 saturated heterocycles. The van der Waals surface area contributed by atoms with E-state index in [1.165, 1.54) is 7.11 Å². The van der Waals surface area contributed by atoms with E-state index in [4.69, 9.17) is 24.0 Å². The minimum atomic E-state index is -0.896. The van der Waals surface area contributed by atoms with Crippen LogP contribution in [0.4, 0.5) is 0 Å². The van der Waals surface area contributed by atoms with Crippen LogP contribution < -0.4 is 0 Å². The molecular weight excluding hydrogens is 316 g/mol. The molecule has 4 heterocycles. The van der Waals surface area contributed by atoms with Gasteiger partial charge in [0.15, 0.2) is 5.60 Å². The summed E-state index contributed by atoms with van der Waals surface area (Å²) >= 11 is 0. The number of carbonyl (C=O) groups excluding carboxylic acids is 2. The predicted molar refractivity (Wildman–Crippen MR) is 79.0 cm³/mol. The van der Waals surface area contributed by atoms with Crippen LogP contribution in [0.1, 0.15) is 46.0 Å². The molecule has 7 heteroatoms. The molecule has 2 bridgehead atoms. The minimum absolute atomic E-state index is 0.00377. The Labute approximate surface area is 140 Å². The monoisotopic (exact) mass is 340 g/mol. The van der Waals surface area contributed by atoms with Gasteiger partial charge in [-0.25, -0.2) is 9.78 Å². The molecule has 1 saturated carbocycles. The standard InChI is InChI=1S/C17H24O7/c1-9-4-5-12-10(8-13(18)20-3)14(19)21-15-17(12)11(9)6-7-16(2,22-15)23-24-17/h9-12,15H,4-8H2,1-3H3/t9-,10-,11+,12+,15-,16+,17-/m1/s1. The van der Waals surface area contributed by atoms with E-state index in [0.717, 1.165) is 19.3 Å². The average Bonchev–Trinajstić information content (AvgIpc) is 2.78. The lowest BCUT2D eigenvalue weighted by Gasteiger charge is -2.58. The van der Waals surface area contributed by atoms with Gasteiger partial charge in [0.2, 0.25) is 12.1 Å². The molecule has 24 heavy (non-hydrogen) atoms. The van der Waals surface area contributed by atoms with E-state index in [2.05, 4.69) is 6.92 Å². The van der Waals surface area contributed by atoms with Crippen LogP contribution in [0.15, 0.2) is 0 Å². The van der Waals surface area contributed by atoms with Gasteiger partial charge in [0, 0.05) is 18.3 Å². The number of ether oxygens (including phenoxy) is 3. The Hall–Kier alpha value is -1.18. The normalized spacial score (nSPS) is 49.8. The van der Waals surface area contributed by atoms with Crippen molar-refractivity contribution < 1.29 is 33.6 Å². The van der Waals surface area contributed by atoms with E-state index in [0.29, 0.717) is 12.3 Å². The second-order valence-corrected chi connectivity index (χ2v) is 7.73. The lowest BCUT2D eigenvalue weighted by atomic mass is 9.57. The van der Waals surface area contributed by atoms with Crippen molar-refractivity contribution in [2.45, 2.75) is 63.6 Å². The Morgan fingerprint density at radius 1 is 1.25 bits per heavy atom. The van der Waals surface area contributed by atoms with Crippen LogP contribution in [0, 0.1) is 23.7 Å². The number of carbonyl (C=O) groups is 2. The van der Waals surface area contributed by atoms with Crippen LogP contribution in [-0.4, -0.2) is 36.7 Å². The van der Waals surface area contributed by atoms with Gasteiger partial charge in [-0.1, -0.05) is 6.92 Å². The van der Waals surface area contributed by atoms with Crippen molar-refractivity contribution in [2.75, 3.05) is 7.11 Å². The molecule has 0 radical (unpaired) electrons. The number of hydrogen-bond acceptors (Lipinski definition) is 7. The van der Waals surface area contributed by atoms with E-state index >= 15 is 0 Å². The third-order valence-electron chi connectivity index (χ3n) is 6.40. The molecule has 134 valence electrons. The Bertz CT molecular complexity index is 563. The molecule has 0 N–H and O–H groups in total. The lowest BCUT2D eigenvalue weighted by Crippen LogP contribution is -2.70. The van der Waals surface area contributed by atoms with Crippen molar-refractivity contribution in [2.24, 2.45) is 23.7 Å². The molecule has 0 amide bonds. The van der Waals surface area contributed by atoms with E-state index in [1.807, 2.05) is 6.92 Å². The third kappa shape index (κ3) is 2.14. The number of methoxy groups -OCH3 is 1. The van der Waals surface area contributed by atoms with E-state index < -0.39 is 35.5 Å². The van der Waals surface area contributed by atoms with Crippen LogP contribution >= 0.6 is 0 Å². The van der Waals surface area contributed by atoms with Gasteiger partial charge in [0.25, 0.3) is 0 Å².